The summed E-state index contributed by atoms with van der Waals surface area (Å²) >= 11 is 0. The van der Waals surface area contributed by atoms with E-state index < -0.39 is 0 Å². The van der Waals surface area contributed by atoms with Gasteiger partial charge in [0.15, 0.2) is 0 Å². The normalized spacial score (nSPS) is 20.1. The molecule has 0 saturated carbocycles. The molecule has 1 fully saturated rings. The van der Waals surface area contributed by atoms with Gasteiger partial charge in [-0.05, 0) is 18.6 Å². The second-order valence-corrected chi connectivity index (χ2v) is 4.21. The van der Waals surface area contributed by atoms with E-state index in [-0.39, 0.29) is 6.61 Å². The first-order valence-electron chi connectivity index (χ1n) is 5.54. The number of methoxy groups -OCH3 is 1. The molecule has 4 heteroatoms. The summed E-state index contributed by atoms with van der Waals surface area (Å²) in [4.78, 5) is 2.24. The third-order valence-electron chi connectivity index (χ3n) is 3.09. The van der Waals surface area contributed by atoms with Crippen LogP contribution in [0.2, 0.25) is 0 Å². The van der Waals surface area contributed by atoms with Crippen molar-refractivity contribution in [3.05, 3.63) is 18.2 Å². The molecule has 0 radical (unpaired) electrons. The highest BCUT2D eigenvalue weighted by molar-refractivity contribution is 5.64. The molecule has 0 aliphatic carbocycles. The summed E-state index contributed by atoms with van der Waals surface area (Å²) in [6, 6.07) is 5.69. The standard InChI is InChI=1S/C12H18N2O2/c1-16-12-6-10(13)2-3-11(12)14-5-4-9(7-14)8-15/h2-3,6,9,15H,4-5,7-8,13H2,1H3/t9-/m0/s1. The number of aliphatic hydroxyl groups is 1. The van der Waals surface area contributed by atoms with Crippen LogP contribution in [0.15, 0.2) is 18.2 Å². The van der Waals surface area contributed by atoms with E-state index in [1.165, 1.54) is 0 Å². The lowest BCUT2D eigenvalue weighted by molar-refractivity contribution is 0.238. The molecule has 88 valence electrons. The van der Waals surface area contributed by atoms with Crippen LogP contribution in [0.1, 0.15) is 6.42 Å². The zero-order chi connectivity index (χ0) is 11.5. The number of nitrogens with two attached hydrogens (primary N) is 1. The van der Waals surface area contributed by atoms with E-state index in [1.54, 1.807) is 7.11 Å². The maximum Gasteiger partial charge on any atom is 0.144 e. The highest BCUT2D eigenvalue weighted by Crippen LogP contribution is 2.33. The number of rotatable bonds is 3. The Labute approximate surface area is 95.6 Å². The summed E-state index contributed by atoms with van der Waals surface area (Å²) < 4.78 is 5.32. The Kier molecular flexibility index (Phi) is 3.19. The number of ether oxygens (including phenoxy) is 1. The van der Waals surface area contributed by atoms with Gasteiger partial charge < -0.3 is 20.5 Å². The first kappa shape index (κ1) is 11.1. The number of nitrogens with zero attached hydrogens (tertiary/aromatic N) is 1. The van der Waals surface area contributed by atoms with Crippen molar-refractivity contribution in [2.24, 2.45) is 5.92 Å². The largest absolute Gasteiger partial charge is 0.495 e. The predicted octanol–water partition coefficient (Wildman–Crippen LogP) is 1.10. The molecule has 1 aliphatic rings. The van der Waals surface area contributed by atoms with Crippen molar-refractivity contribution in [1.29, 1.82) is 0 Å². The van der Waals surface area contributed by atoms with Crippen LogP contribution in [0.5, 0.6) is 5.75 Å². The lowest BCUT2D eigenvalue weighted by atomic mass is 10.1. The van der Waals surface area contributed by atoms with Gasteiger partial charge in [-0.3, -0.25) is 0 Å². The maximum absolute atomic E-state index is 9.12. The van der Waals surface area contributed by atoms with E-state index in [0.717, 1.165) is 30.9 Å². The fourth-order valence-electron chi connectivity index (χ4n) is 2.16. The van der Waals surface area contributed by atoms with Crippen molar-refractivity contribution >= 4 is 11.4 Å². The van der Waals surface area contributed by atoms with Crippen LogP contribution in [0.3, 0.4) is 0 Å². The van der Waals surface area contributed by atoms with E-state index >= 15 is 0 Å². The van der Waals surface area contributed by atoms with Gasteiger partial charge in [-0.2, -0.15) is 0 Å². The Bertz CT molecular complexity index is 368. The molecule has 4 nitrogen and oxygen atoms in total. The minimum Gasteiger partial charge on any atom is -0.495 e. The van der Waals surface area contributed by atoms with Crippen molar-refractivity contribution in [2.75, 3.05) is 37.4 Å². The quantitative estimate of drug-likeness (QED) is 0.752. The summed E-state index contributed by atoms with van der Waals surface area (Å²) in [7, 11) is 1.65. The van der Waals surface area contributed by atoms with Crippen molar-refractivity contribution in [3.63, 3.8) is 0 Å². The highest BCUT2D eigenvalue weighted by atomic mass is 16.5. The van der Waals surface area contributed by atoms with Gasteiger partial charge in [-0.1, -0.05) is 0 Å². The van der Waals surface area contributed by atoms with Crippen molar-refractivity contribution in [2.45, 2.75) is 6.42 Å². The number of benzene rings is 1. The van der Waals surface area contributed by atoms with Crippen LogP contribution in [0.25, 0.3) is 0 Å². The molecular weight excluding hydrogens is 204 g/mol. The molecule has 0 unspecified atom stereocenters. The predicted molar refractivity (Wildman–Crippen MR) is 64.8 cm³/mol. The molecule has 16 heavy (non-hydrogen) atoms. The zero-order valence-electron chi connectivity index (χ0n) is 9.52. The Hall–Kier alpha value is -1.42. The highest BCUT2D eigenvalue weighted by Gasteiger charge is 2.23. The first-order chi connectivity index (χ1) is 7.74. The molecule has 1 saturated heterocycles. The van der Waals surface area contributed by atoms with Crippen LogP contribution in [-0.2, 0) is 0 Å². The van der Waals surface area contributed by atoms with E-state index in [4.69, 9.17) is 15.6 Å². The van der Waals surface area contributed by atoms with Crippen LogP contribution >= 0.6 is 0 Å². The fourth-order valence-corrected chi connectivity index (χ4v) is 2.16. The van der Waals surface area contributed by atoms with Gasteiger partial charge in [-0.15, -0.1) is 0 Å². The second kappa shape index (κ2) is 4.61. The van der Waals surface area contributed by atoms with Crippen molar-refractivity contribution < 1.29 is 9.84 Å². The second-order valence-electron chi connectivity index (χ2n) is 4.21. The average Bonchev–Trinajstić information content (AvgIpc) is 2.77. The van der Waals surface area contributed by atoms with Gasteiger partial charge in [0.1, 0.15) is 5.75 Å². The molecule has 1 aliphatic heterocycles. The Balaban J connectivity index is 2.20. The molecule has 0 aromatic heterocycles. The molecule has 2 rings (SSSR count). The molecule has 0 spiro atoms. The third kappa shape index (κ3) is 2.07. The number of aliphatic hydroxyl groups excluding tert-OH is 1. The summed E-state index contributed by atoms with van der Waals surface area (Å²) in [5, 5.41) is 9.12. The maximum atomic E-state index is 9.12. The van der Waals surface area contributed by atoms with Gasteiger partial charge in [0.25, 0.3) is 0 Å². The minimum atomic E-state index is 0.258. The molecule has 1 aromatic rings. The number of hydrogen-bond donors (Lipinski definition) is 2. The molecule has 1 aromatic carbocycles. The minimum absolute atomic E-state index is 0.258. The third-order valence-corrected chi connectivity index (χ3v) is 3.09. The zero-order valence-corrected chi connectivity index (χ0v) is 9.52. The molecular formula is C12H18N2O2. The smallest absolute Gasteiger partial charge is 0.144 e. The summed E-state index contributed by atoms with van der Waals surface area (Å²) in [5.41, 5.74) is 7.49. The fraction of sp³-hybridized carbons (Fsp3) is 0.500. The topological polar surface area (TPSA) is 58.7 Å². The molecule has 1 heterocycles. The number of nitrogen functional groups attached to an aromatic ring is 1. The van der Waals surface area contributed by atoms with E-state index in [2.05, 4.69) is 4.90 Å². The van der Waals surface area contributed by atoms with E-state index in [0.29, 0.717) is 11.6 Å². The average molecular weight is 222 g/mol. The molecule has 3 N–H and O–H groups in total. The summed E-state index contributed by atoms with van der Waals surface area (Å²) in [5.74, 6) is 1.18. The van der Waals surface area contributed by atoms with Crippen molar-refractivity contribution in [3.8, 4) is 5.75 Å². The molecule has 0 amide bonds. The van der Waals surface area contributed by atoms with Gasteiger partial charge in [0.05, 0.1) is 12.8 Å². The van der Waals surface area contributed by atoms with Crippen LogP contribution in [0, 0.1) is 5.92 Å². The Morgan fingerprint density at radius 3 is 3.00 bits per heavy atom. The van der Waals surface area contributed by atoms with Crippen LogP contribution < -0.4 is 15.4 Å². The van der Waals surface area contributed by atoms with Gasteiger partial charge in [-0.25, -0.2) is 0 Å². The lowest BCUT2D eigenvalue weighted by Gasteiger charge is -2.21. The van der Waals surface area contributed by atoms with E-state index in [9.17, 15) is 0 Å². The molecule has 0 bridgehead atoms. The van der Waals surface area contributed by atoms with Gasteiger partial charge in [0, 0.05) is 37.4 Å². The first-order valence-corrected chi connectivity index (χ1v) is 5.54. The number of hydrogen-bond acceptors (Lipinski definition) is 4. The number of anilines is 2. The monoisotopic (exact) mass is 222 g/mol. The lowest BCUT2D eigenvalue weighted by Crippen LogP contribution is -2.21. The van der Waals surface area contributed by atoms with Crippen molar-refractivity contribution in [1.82, 2.24) is 0 Å². The van der Waals surface area contributed by atoms with Gasteiger partial charge in [0.2, 0.25) is 0 Å². The molecule has 1 atom stereocenters. The SMILES string of the molecule is COc1cc(N)ccc1N1CC[C@H](CO)C1. The Morgan fingerprint density at radius 1 is 1.56 bits per heavy atom. The Morgan fingerprint density at radius 2 is 2.38 bits per heavy atom. The summed E-state index contributed by atoms with van der Waals surface area (Å²) in [6.07, 6.45) is 1.03. The van der Waals surface area contributed by atoms with Gasteiger partial charge >= 0.3 is 0 Å². The van der Waals surface area contributed by atoms with E-state index in [1.807, 2.05) is 18.2 Å². The van der Waals surface area contributed by atoms with Crippen LogP contribution in [-0.4, -0.2) is 31.9 Å². The van der Waals surface area contributed by atoms with Crippen LogP contribution in [0.4, 0.5) is 11.4 Å². The summed E-state index contributed by atoms with van der Waals surface area (Å²) in [6.45, 7) is 2.11.